The Hall–Kier alpha value is 0.518. The fourth-order valence-electron chi connectivity index (χ4n) is 0. The molecule has 1 nitrogen and oxygen atoms in total. The third-order valence-corrected chi connectivity index (χ3v) is 0. The molecule has 3 heteroatoms. The van der Waals surface area contributed by atoms with E-state index >= 15 is 0 Å². The molecule has 0 aromatic heterocycles. The van der Waals surface area contributed by atoms with Crippen LogP contribution in [0.3, 0.4) is 0 Å². The quantitative estimate of drug-likeness (QED) is 0.388. The monoisotopic (exact) mass is 113 g/mol. The first-order valence-electron chi connectivity index (χ1n) is 1.15. The number of hydrogen-bond donors (Lipinski definition) is 0. The maximum atomic E-state index is 4.94. The molecule has 0 atom stereocenters. The summed E-state index contributed by atoms with van der Waals surface area (Å²) in [6, 6.07) is 0. The van der Waals surface area contributed by atoms with Crippen molar-refractivity contribution >= 4 is 7.98 Å². The van der Waals surface area contributed by atoms with Crippen LogP contribution in [0.5, 0.6) is 0 Å². The average Bonchev–Trinajstić information content (AvgIpc) is 0.811. The molecule has 0 saturated heterocycles. The van der Waals surface area contributed by atoms with Crippen LogP contribution in [-0.4, -0.2) is 26.9 Å². The standard InChI is InChI=1S/C2H6BN.Ni/c1-4(2)3;/h1-2H3;. The van der Waals surface area contributed by atoms with E-state index in [1.165, 1.54) is 4.81 Å². The molecular formula is C2H6BNNi. The molecule has 5 heavy (non-hydrogen) atoms. The van der Waals surface area contributed by atoms with E-state index in [4.69, 9.17) is 7.98 Å². The van der Waals surface area contributed by atoms with Crippen LogP contribution in [0.15, 0.2) is 0 Å². The summed E-state index contributed by atoms with van der Waals surface area (Å²) in [5, 5.41) is 0. The molecule has 2 radical (unpaired) electrons. The number of rotatable bonds is 0. The van der Waals surface area contributed by atoms with Crippen LogP contribution in [0.1, 0.15) is 0 Å². The zero-order valence-corrected chi connectivity index (χ0v) is 4.33. The van der Waals surface area contributed by atoms with Gasteiger partial charge >= 0.3 is 0 Å². The van der Waals surface area contributed by atoms with Crippen LogP contribution in [0, 0.1) is 0 Å². The van der Waals surface area contributed by atoms with Crippen molar-refractivity contribution in [1.29, 1.82) is 0 Å². The van der Waals surface area contributed by atoms with Crippen LogP contribution in [0.2, 0.25) is 0 Å². The second-order valence-electron chi connectivity index (χ2n) is 0.964. The molecule has 0 aliphatic rings. The van der Waals surface area contributed by atoms with Gasteiger partial charge < -0.3 is 4.81 Å². The first kappa shape index (κ1) is 9.10. The Morgan fingerprint density at radius 1 is 1.40 bits per heavy atom. The summed E-state index contributed by atoms with van der Waals surface area (Å²) in [4.78, 5) is 1.50. The summed E-state index contributed by atoms with van der Waals surface area (Å²) in [7, 11) is 8.50. The van der Waals surface area contributed by atoms with E-state index in [-0.39, 0.29) is 16.5 Å². The molecular weight excluding hydrogens is 108 g/mol. The smallest absolute Gasteiger partial charge is 0.181 e. The van der Waals surface area contributed by atoms with Crippen molar-refractivity contribution in [3.63, 3.8) is 0 Å². The molecule has 0 heterocycles. The topological polar surface area (TPSA) is 3.24 Å². The summed E-state index contributed by atoms with van der Waals surface area (Å²) in [6.45, 7) is 0. The Bertz CT molecular complexity index is 14.4. The average molecular weight is 114 g/mol. The molecule has 0 spiro atoms. The molecule has 0 fully saturated rings. The van der Waals surface area contributed by atoms with Crippen molar-refractivity contribution in [2.75, 3.05) is 14.1 Å². The fraction of sp³-hybridized carbons (Fsp3) is 1.00. The maximum absolute atomic E-state index is 4.94. The van der Waals surface area contributed by atoms with E-state index in [9.17, 15) is 0 Å². The predicted octanol–water partition coefficient (Wildman–Crippen LogP) is -0.371. The first-order chi connectivity index (χ1) is 1.73. The van der Waals surface area contributed by atoms with Gasteiger partial charge in [-0.05, 0) is 14.1 Å². The fourth-order valence-corrected chi connectivity index (χ4v) is 0. The van der Waals surface area contributed by atoms with E-state index in [0.717, 1.165) is 0 Å². The molecule has 0 bridgehead atoms. The summed E-state index contributed by atoms with van der Waals surface area (Å²) in [5.41, 5.74) is 0. The zero-order valence-electron chi connectivity index (χ0n) is 3.34. The third-order valence-electron chi connectivity index (χ3n) is 0. The van der Waals surface area contributed by atoms with Gasteiger partial charge in [-0.3, -0.25) is 0 Å². The van der Waals surface area contributed by atoms with Crippen molar-refractivity contribution in [2.24, 2.45) is 0 Å². The van der Waals surface area contributed by atoms with Gasteiger partial charge in [-0.1, -0.05) is 0 Å². The van der Waals surface area contributed by atoms with E-state index in [1.807, 2.05) is 0 Å². The Labute approximate surface area is 44.1 Å². The molecule has 0 aromatic rings. The second kappa shape index (κ2) is 4.52. The molecule has 0 saturated carbocycles. The largest absolute Gasteiger partial charge is 0.359 e. The van der Waals surface area contributed by atoms with Crippen molar-refractivity contribution in [3.8, 4) is 0 Å². The van der Waals surface area contributed by atoms with Crippen LogP contribution in [0.4, 0.5) is 0 Å². The summed E-state index contributed by atoms with van der Waals surface area (Å²) < 4.78 is 0. The molecule has 0 rings (SSSR count). The van der Waals surface area contributed by atoms with Gasteiger partial charge in [-0.2, -0.15) is 0 Å². The second-order valence-corrected chi connectivity index (χ2v) is 0.964. The van der Waals surface area contributed by atoms with Gasteiger partial charge in [0.15, 0.2) is 7.98 Å². The molecule has 0 unspecified atom stereocenters. The maximum Gasteiger partial charge on any atom is 0.181 e. The third kappa shape index (κ3) is 107. The molecule has 0 N–H and O–H groups in total. The number of nitrogens with zero attached hydrogens (tertiary/aromatic N) is 1. The van der Waals surface area contributed by atoms with E-state index in [1.54, 1.807) is 14.1 Å². The molecule has 32 valence electrons. The normalized spacial score (nSPS) is 7.00. The number of hydrogen-bond acceptors (Lipinski definition) is 1. The summed E-state index contributed by atoms with van der Waals surface area (Å²) in [6.07, 6.45) is 0. The van der Waals surface area contributed by atoms with E-state index < -0.39 is 0 Å². The van der Waals surface area contributed by atoms with Gasteiger partial charge in [0.1, 0.15) is 0 Å². The van der Waals surface area contributed by atoms with Gasteiger partial charge in [0, 0.05) is 16.5 Å². The van der Waals surface area contributed by atoms with Crippen LogP contribution < -0.4 is 0 Å². The minimum atomic E-state index is 0. The predicted molar refractivity (Wildman–Crippen MR) is 19.4 cm³/mol. The summed E-state index contributed by atoms with van der Waals surface area (Å²) >= 11 is 0. The Balaban J connectivity index is 0. The Morgan fingerprint density at radius 3 is 1.40 bits per heavy atom. The minimum Gasteiger partial charge on any atom is -0.359 e. The Kier molecular flexibility index (Phi) is 8.22. The van der Waals surface area contributed by atoms with Crippen molar-refractivity contribution in [3.05, 3.63) is 0 Å². The Morgan fingerprint density at radius 2 is 1.40 bits per heavy atom. The molecule has 0 aliphatic carbocycles. The first-order valence-corrected chi connectivity index (χ1v) is 1.15. The molecule has 0 amide bonds. The van der Waals surface area contributed by atoms with E-state index in [2.05, 4.69) is 0 Å². The van der Waals surface area contributed by atoms with E-state index in [0.29, 0.717) is 0 Å². The van der Waals surface area contributed by atoms with Crippen molar-refractivity contribution < 1.29 is 16.5 Å². The van der Waals surface area contributed by atoms with Gasteiger partial charge in [0.05, 0.1) is 0 Å². The van der Waals surface area contributed by atoms with Gasteiger partial charge in [-0.25, -0.2) is 0 Å². The van der Waals surface area contributed by atoms with Crippen molar-refractivity contribution in [1.82, 2.24) is 4.81 Å². The SMILES string of the molecule is [B]N(C)C.[Ni]. The zero-order chi connectivity index (χ0) is 3.58. The minimum absolute atomic E-state index is 0. The van der Waals surface area contributed by atoms with Gasteiger partial charge in [0.25, 0.3) is 0 Å². The van der Waals surface area contributed by atoms with Gasteiger partial charge in [-0.15, -0.1) is 0 Å². The van der Waals surface area contributed by atoms with Crippen LogP contribution in [0.25, 0.3) is 0 Å². The molecule has 0 aromatic carbocycles. The molecule has 0 aliphatic heterocycles. The van der Waals surface area contributed by atoms with Crippen LogP contribution >= 0.6 is 0 Å². The van der Waals surface area contributed by atoms with Gasteiger partial charge in [0.2, 0.25) is 0 Å². The summed E-state index contributed by atoms with van der Waals surface area (Å²) in [5.74, 6) is 0. The van der Waals surface area contributed by atoms with Crippen molar-refractivity contribution in [2.45, 2.75) is 0 Å². The van der Waals surface area contributed by atoms with Crippen LogP contribution in [-0.2, 0) is 16.5 Å².